The number of fused-ring (bicyclic) bond motifs is 7. The van der Waals surface area contributed by atoms with E-state index in [0.29, 0.717) is 0 Å². The molecule has 156 valence electrons. The van der Waals surface area contributed by atoms with Gasteiger partial charge in [0.05, 0.1) is 10.4 Å². The largest absolute Gasteiger partial charge is 0.354 e. The number of rotatable bonds is 3. The first-order chi connectivity index (χ1) is 16.3. The Labute approximate surface area is 195 Å². The Bertz CT molecular complexity index is 1770. The highest BCUT2D eigenvalue weighted by molar-refractivity contribution is 7.27. The van der Waals surface area contributed by atoms with E-state index in [4.69, 9.17) is 0 Å². The fraction of sp³-hybridized carbons (Fsp3) is 0. The van der Waals surface area contributed by atoms with Gasteiger partial charge in [-0.15, -0.1) is 11.3 Å². The van der Waals surface area contributed by atoms with Crippen LogP contribution in [0.4, 0.5) is 11.4 Å². The molecule has 0 aliphatic rings. The molecule has 0 aliphatic heterocycles. The van der Waals surface area contributed by atoms with Crippen LogP contribution in [0.1, 0.15) is 0 Å². The number of thiophene rings is 1. The molecule has 2 nitrogen and oxygen atoms in total. The second-order valence-corrected chi connectivity index (χ2v) is 9.41. The number of H-pyrrole nitrogens is 1. The van der Waals surface area contributed by atoms with Gasteiger partial charge in [0.25, 0.3) is 0 Å². The Morgan fingerprint density at radius 1 is 0.515 bits per heavy atom. The van der Waals surface area contributed by atoms with Crippen molar-refractivity contribution in [1.82, 2.24) is 4.98 Å². The second-order valence-electron chi connectivity index (χ2n) is 8.39. The first-order valence-electron chi connectivity index (χ1n) is 11.1. The van der Waals surface area contributed by atoms with E-state index >= 15 is 0 Å². The molecule has 0 radical (unpaired) electrons. The normalized spacial score (nSPS) is 11.6. The number of para-hydroxylation sites is 1. The Morgan fingerprint density at radius 3 is 2.12 bits per heavy atom. The molecule has 0 atom stereocenters. The number of benzene rings is 5. The van der Waals surface area contributed by atoms with Crippen molar-refractivity contribution in [3.63, 3.8) is 0 Å². The molecule has 0 unspecified atom stereocenters. The molecular weight excluding hydrogens is 420 g/mol. The number of anilines is 2. The SMILES string of the molecule is c1ccc(-c2ccc(Nc3cccc4c3sc3c4ccc4[nH]c5ccccc5c43)cc2)cc1. The van der Waals surface area contributed by atoms with E-state index in [1.165, 1.54) is 53.1 Å². The second kappa shape index (κ2) is 7.22. The van der Waals surface area contributed by atoms with E-state index in [2.05, 4.69) is 119 Å². The van der Waals surface area contributed by atoms with Crippen LogP contribution < -0.4 is 5.32 Å². The summed E-state index contributed by atoms with van der Waals surface area (Å²) in [6.45, 7) is 0. The first-order valence-corrected chi connectivity index (χ1v) is 11.9. The maximum Gasteiger partial charge on any atom is 0.0590 e. The fourth-order valence-electron chi connectivity index (χ4n) is 4.82. The molecule has 2 aromatic heterocycles. The molecule has 0 bridgehead atoms. The molecule has 33 heavy (non-hydrogen) atoms. The molecule has 7 rings (SSSR count). The van der Waals surface area contributed by atoms with Gasteiger partial charge in [0.2, 0.25) is 0 Å². The van der Waals surface area contributed by atoms with Gasteiger partial charge >= 0.3 is 0 Å². The molecule has 0 amide bonds. The average molecular weight is 441 g/mol. The molecule has 3 heteroatoms. The van der Waals surface area contributed by atoms with Gasteiger partial charge in [-0.25, -0.2) is 0 Å². The van der Waals surface area contributed by atoms with Crippen molar-refractivity contribution in [2.75, 3.05) is 5.32 Å². The van der Waals surface area contributed by atoms with Gasteiger partial charge < -0.3 is 10.3 Å². The minimum absolute atomic E-state index is 1.09. The van der Waals surface area contributed by atoms with Crippen molar-refractivity contribution in [2.45, 2.75) is 0 Å². The summed E-state index contributed by atoms with van der Waals surface area (Å²) in [4.78, 5) is 3.58. The minimum atomic E-state index is 1.09. The molecule has 0 aliphatic carbocycles. The molecule has 0 saturated carbocycles. The lowest BCUT2D eigenvalue weighted by molar-refractivity contribution is 1.55. The molecule has 2 N–H and O–H groups in total. The van der Waals surface area contributed by atoms with E-state index in [0.717, 1.165) is 11.4 Å². The van der Waals surface area contributed by atoms with Crippen LogP contribution in [0.3, 0.4) is 0 Å². The summed E-state index contributed by atoms with van der Waals surface area (Å²) in [5.74, 6) is 0. The van der Waals surface area contributed by atoms with Crippen molar-refractivity contribution in [2.24, 2.45) is 0 Å². The van der Waals surface area contributed by atoms with Gasteiger partial charge in [0.1, 0.15) is 0 Å². The Morgan fingerprint density at radius 2 is 1.24 bits per heavy atom. The molecule has 0 saturated heterocycles. The van der Waals surface area contributed by atoms with Gasteiger partial charge in [0, 0.05) is 43.0 Å². The van der Waals surface area contributed by atoms with Crippen LogP contribution in [0.2, 0.25) is 0 Å². The van der Waals surface area contributed by atoms with Gasteiger partial charge in [-0.05, 0) is 41.5 Å². The zero-order valence-electron chi connectivity index (χ0n) is 17.8. The van der Waals surface area contributed by atoms with Gasteiger partial charge in [0.15, 0.2) is 0 Å². The third-order valence-corrected chi connectivity index (χ3v) is 7.68. The number of aromatic amines is 1. The van der Waals surface area contributed by atoms with Crippen LogP contribution in [0.25, 0.3) is 53.1 Å². The van der Waals surface area contributed by atoms with Gasteiger partial charge in [-0.1, -0.05) is 78.9 Å². The lowest BCUT2D eigenvalue weighted by atomic mass is 10.1. The van der Waals surface area contributed by atoms with E-state index in [9.17, 15) is 0 Å². The van der Waals surface area contributed by atoms with Crippen LogP contribution in [-0.4, -0.2) is 4.98 Å². The number of hydrogen-bond donors (Lipinski definition) is 2. The molecule has 5 aromatic carbocycles. The average Bonchev–Trinajstić information content (AvgIpc) is 3.44. The van der Waals surface area contributed by atoms with E-state index in [1.807, 2.05) is 11.3 Å². The maximum absolute atomic E-state index is 3.67. The monoisotopic (exact) mass is 440 g/mol. The summed E-state index contributed by atoms with van der Waals surface area (Å²) in [5, 5.41) is 8.89. The first kappa shape index (κ1) is 18.5. The lowest BCUT2D eigenvalue weighted by Crippen LogP contribution is -1.90. The van der Waals surface area contributed by atoms with Gasteiger partial charge in [-0.2, -0.15) is 0 Å². The maximum atomic E-state index is 3.67. The third kappa shape index (κ3) is 2.94. The Balaban J connectivity index is 1.35. The zero-order chi connectivity index (χ0) is 21.8. The molecule has 7 aromatic rings. The fourth-order valence-corrected chi connectivity index (χ4v) is 6.15. The van der Waals surface area contributed by atoms with Gasteiger partial charge in [-0.3, -0.25) is 0 Å². The summed E-state index contributed by atoms with van der Waals surface area (Å²) < 4.78 is 2.63. The van der Waals surface area contributed by atoms with E-state index in [1.54, 1.807) is 0 Å². The molecular formula is C30H20N2S. The quantitative estimate of drug-likeness (QED) is 0.282. The smallest absolute Gasteiger partial charge is 0.0590 e. The zero-order valence-corrected chi connectivity index (χ0v) is 18.6. The third-order valence-electron chi connectivity index (χ3n) is 6.40. The van der Waals surface area contributed by atoms with E-state index in [-0.39, 0.29) is 0 Å². The Hall–Kier alpha value is -4.08. The van der Waals surface area contributed by atoms with E-state index < -0.39 is 0 Å². The highest BCUT2D eigenvalue weighted by Gasteiger charge is 2.14. The van der Waals surface area contributed by atoms with Crippen LogP contribution in [-0.2, 0) is 0 Å². The highest BCUT2D eigenvalue weighted by atomic mass is 32.1. The Kier molecular flexibility index (Phi) is 4.05. The molecule has 0 fully saturated rings. The van der Waals surface area contributed by atoms with Crippen molar-refractivity contribution < 1.29 is 0 Å². The van der Waals surface area contributed by atoms with Crippen LogP contribution >= 0.6 is 11.3 Å². The van der Waals surface area contributed by atoms with Crippen molar-refractivity contribution in [3.8, 4) is 11.1 Å². The molecule has 0 spiro atoms. The number of nitrogens with one attached hydrogen (secondary N) is 2. The lowest BCUT2D eigenvalue weighted by Gasteiger charge is -2.09. The van der Waals surface area contributed by atoms with Crippen molar-refractivity contribution in [1.29, 1.82) is 0 Å². The van der Waals surface area contributed by atoms with Crippen molar-refractivity contribution >= 4 is 64.7 Å². The minimum Gasteiger partial charge on any atom is -0.354 e. The van der Waals surface area contributed by atoms with Crippen LogP contribution in [0, 0.1) is 0 Å². The predicted octanol–water partition coefficient (Wildman–Crippen LogP) is 9.10. The summed E-state index contributed by atoms with van der Waals surface area (Å²) in [5.41, 5.74) is 7.09. The molecule has 2 heterocycles. The number of aromatic nitrogens is 1. The highest BCUT2D eigenvalue weighted by Crippen LogP contribution is 2.44. The topological polar surface area (TPSA) is 27.8 Å². The summed E-state index contributed by atoms with van der Waals surface area (Å²) >= 11 is 1.87. The summed E-state index contributed by atoms with van der Waals surface area (Å²) in [6.07, 6.45) is 0. The standard InChI is InChI=1S/C30H20N2S/c1-2-7-19(8-3-1)20-13-15-21(16-14-20)31-27-12-6-10-22-23-17-18-26-28(30(23)33-29(22)27)24-9-4-5-11-25(24)32-26/h1-18,31-32H. The predicted molar refractivity (Wildman–Crippen MR) is 144 cm³/mol. The number of hydrogen-bond acceptors (Lipinski definition) is 2. The summed E-state index contributed by atoms with van der Waals surface area (Å²) in [7, 11) is 0. The van der Waals surface area contributed by atoms with Crippen LogP contribution in [0.5, 0.6) is 0 Å². The van der Waals surface area contributed by atoms with Crippen molar-refractivity contribution in [3.05, 3.63) is 109 Å². The summed E-state index contributed by atoms with van der Waals surface area (Å²) in [6, 6.07) is 38.8. The van der Waals surface area contributed by atoms with Crippen LogP contribution in [0.15, 0.2) is 109 Å².